The number of piperidine rings is 1. The summed E-state index contributed by atoms with van der Waals surface area (Å²) < 4.78 is 3.10. The molecule has 0 saturated carbocycles. The van der Waals surface area contributed by atoms with Crippen LogP contribution in [0.2, 0.25) is 0 Å². The van der Waals surface area contributed by atoms with Gasteiger partial charge in [0.1, 0.15) is 5.54 Å². The quantitative estimate of drug-likeness (QED) is 0.895. The van der Waals surface area contributed by atoms with E-state index in [1.54, 1.807) is 13.1 Å². The number of halogens is 1. The average molecular weight is 377 g/mol. The monoisotopic (exact) mass is 376 g/mol. The molecule has 5 nitrogen and oxygen atoms in total. The highest BCUT2D eigenvalue weighted by molar-refractivity contribution is 9.10. The number of carbonyl (C=O) groups is 1. The van der Waals surface area contributed by atoms with Gasteiger partial charge in [0.15, 0.2) is 0 Å². The summed E-state index contributed by atoms with van der Waals surface area (Å²) in [5.74, 6) is -0.0103. The molecular weight excluding hydrogens is 356 g/mol. The fourth-order valence-electron chi connectivity index (χ4n) is 3.10. The predicted octanol–water partition coefficient (Wildman–Crippen LogP) is 2.68. The molecule has 2 aromatic rings. The van der Waals surface area contributed by atoms with Crippen molar-refractivity contribution >= 4 is 21.8 Å². The van der Waals surface area contributed by atoms with Crippen molar-refractivity contribution in [3.63, 3.8) is 0 Å². The van der Waals surface area contributed by atoms with Crippen LogP contribution >= 0.6 is 15.9 Å². The van der Waals surface area contributed by atoms with Crippen molar-refractivity contribution in [3.8, 4) is 0 Å². The Morgan fingerprint density at radius 3 is 2.52 bits per heavy atom. The predicted molar refractivity (Wildman–Crippen MR) is 92.8 cm³/mol. The molecule has 1 aromatic heterocycles. The zero-order valence-electron chi connectivity index (χ0n) is 13.2. The van der Waals surface area contributed by atoms with Crippen molar-refractivity contribution in [1.82, 2.24) is 14.5 Å². The number of hydrogen-bond donors (Lipinski definition) is 1. The second kappa shape index (κ2) is 6.45. The molecule has 122 valence electrons. The van der Waals surface area contributed by atoms with Crippen LogP contribution in [0.1, 0.15) is 31.4 Å². The molecule has 3 rings (SSSR count). The van der Waals surface area contributed by atoms with Gasteiger partial charge in [0.2, 0.25) is 5.91 Å². The van der Waals surface area contributed by atoms with Crippen molar-refractivity contribution in [2.75, 3.05) is 13.1 Å². The van der Waals surface area contributed by atoms with E-state index in [2.05, 4.69) is 25.5 Å². The molecule has 1 unspecified atom stereocenters. The van der Waals surface area contributed by atoms with Crippen LogP contribution < -0.4 is 5.73 Å². The number of nitrogens with zero attached hydrogens (tertiary/aromatic N) is 3. The Balaban J connectivity index is 1.67. The first kappa shape index (κ1) is 16.2. The lowest BCUT2D eigenvalue weighted by Gasteiger charge is -2.37. The van der Waals surface area contributed by atoms with Gasteiger partial charge in [-0.2, -0.15) is 0 Å². The smallest absolute Gasteiger partial charge is 0.246 e. The molecule has 1 fully saturated rings. The molecule has 0 aliphatic carbocycles. The molecule has 1 aliphatic heterocycles. The lowest BCUT2D eigenvalue weighted by Crippen LogP contribution is -2.53. The summed E-state index contributed by atoms with van der Waals surface area (Å²) in [6, 6.07) is 8.05. The second-order valence-corrected chi connectivity index (χ2v) is 7.16. The lowest BCUT2D eigenvalue weighted by atomic mass is 9.90. The van der Waals surface area contributed by atoms with E-state index < -0.39 is 5.54 Å². The number of amides is 1. The number of imidazole rings is 1. The first-order chi connectivity index (χ1) is 11.0. The van der Waals surface area contributed by atoms with Gasteiger partial charge in [0.05, 0.1) is 6.33 Å². The van der Waals surface area contributed by atoms with Crippen LogP contribution in [0.5, 0.6) is 0 Å². The van der Waals surface area contributed by atoms with Gasteiger partial charge in [-0.15, -0.1) is 0 Å². The van der Waals surface area contributed by atoms with Crippen LogP contribution in [0, 0.1) is 0 Å². The van der Waals surface area contributed by atoms with E-state index in [-0.39, 0.29) is 5.91 Å². The maximum absolute atomic E-state index is 12.9. The SMILES string of the molecule is CC(N)(C(=O)N1CCC(n2ccnc2)CC1)c1ccc(Br)cc1. The third-order valence-electron chi connectivity index (χ3n) is 4.59. The summed E-state index contributed by atoms with van der Waals surface area (Å²) >= 11 is 3.41. The summed E-state index contributed by atoms with van der Waals surface area (Å²) in [5, 5.41) is 0. The van der Waals surface area contributed by atoms with Gasteiger partial charge in [-0.25, -0.2) is 4.98 Å². The van der Waals surface area contributed by atoms with Crippen LogP contribution in [0.15, 0.2) is 47.5 Å². The zero-order chi connectivity index (χ0) is 16.4. The first-order valence-corrected chi connectivity index (χ1v) is 8.59. The highest BCUT2D eigenvalue weighted by Crippen LogP contribution is 2.27. The number of benzene rings is 1. The van der Waals surface area contributed by atoms with Crippen LogP contribution in [-0.4, -0.2) is 33.4 Å². The van der Waals surface area contributed by atoms with Crippen LogP contribution in [0.4, 0.5) is 0 Å². The number of likely N-dealkylation sites (tertiary alicyclic amines) is 1. The molecule has 2 heterocycles. The van der Waals surface area contributed by atoms with Gasteiger partial charge < -0.3 is 15.2 Å². The molecule has 2 N–H and O–H groups in total. The normalized spacial score (nSPS) is 18.7. The third kappa shape index (κ3) is 3.33. The minimum absolute atomic E-state index is 0.0103. The van der Waals surface area contributed by atoms with Crippen LogP contribution in [0.3, 0.4) is 0 Å². The van der Waals surface area contributed by atoms with Gasteiger partial charge in [0, 0.05) is 36.0 Å². The highest BCUT2D eigenvalue weighted by Gasteiger charge is 2.36. The fourth-order valence-corrected chi connectivity index (χ4v) is 3.36. The second-order valence-electron chi connectivity index (χ2n) is 6.24. The lowest BCUT2D eigenvalue weighted by molar-refractivity contribution is -0.138. The number of aromatic nitrogens is 2. The Morgan fingerprint density at radius 2 is 1.96 bits per heavy atom. The van der Waals surface area contributed by atoms with Gasteiger partial charge >= 0.3 is 0 Å². The van der Waals surface area contributed by atoms with Crippen molar-refractivity contribution in [2.45, 2.75) is 31.3 Å². The van der Waals surface area contributed by atoms with Crippen LogP contribution in [-0.2, 0) is 10.3 Å². The number of hydrogen-bond acceptors (Lipinski definition) is 3. The Hall–Kier alpha value is -1.66. The molecule has 0 bridgehead atoms. The Bertz CT molecular complexity index is 658. The summed E-state index contributed by atoms with van der Waals surface area (Å²) in [5.41, 5.74) is 6.21. The number of carbonyl (C=O) groups excluding carboxylic acids is 1. The molecule has 1 saturated heterocycles. The van der Waals surface area contributed by atoms with E-state index in [1.807, 2.05) is 41.7 Å². The zero-order valence-corrected chi connectivity index (χ0v) is 14.7. The molecule has 23 heavy (non-hydrogen) atoms. The highest BCUT2D eigenvalue weighted by atomic mass is 79.9. The number of rotatable bonds is 3. The minimum atomic E-state index is -0.997. The van der Waals surface area contributed by atoms with E-state index in [1.165, 1.54) is 0 Å². The summed E-state index contributed by atoms with van der Waals surface area (Å²) in [4.78, 5) is 18.8. The van der Waals surface area contributed by atoms with Crippen molar-refractivity contribution in [1.29, 1.82) is 0 Å². The standard InChI is InChI=1S/C17H21BrN4O/c1-17(19,13-2-4-14(18)5-3-13)16(23)21-9-6-15(7-10-21)22-11-8-20-12-22/h2-5,8,11-12,15H,6-7,9-10,19H2,1H3. The van der Waals surface area contributed by atoms with Crippen LogP contribution in [0.25, 0.3) is 0 Å². The Morgan fingerprint density at radius 1 is 1.30 bits per heavy atom. The molecule has 1 amide bonds. The fraction of sp³-hybridized carbons (Fsp3) is 0.412. The molecule has 0 spiro atoms. The topological polar surface area (TPSA) is 64.2 Å². The van der Waals surface area contributed by atoms with Gasteiger partial charge in [-0.05, 0) is 37.5 Å². The summed E-state index contributed by atoms with van der Waals surface area (Å²) in [7, 11) is 0. The summed E-state index contributed by atoms with van der Waals surface area (Å²) in [6.45, 7) is 3.25. The van der Waals surface area contributed by atoms with E-state index >= 15 is 0 Å². The molecule has 1 aliphatic rings. The molecule has 1 aromatic carbocycles. The van der Waals surface area contributed by atoms with Gasteiger partial charge in [-0.3, -0.25) is 4.79 Å². The van der Waals surface area contributed by atoms with E-state index in [9.17, 15) is 4.79 Å². The van der Waals surface area contributed by atoms with Crippen molar-refractivity contribution in [3.05, 3.63) is 53.0 Å². The third-order valence-corrected chi connectivity index (χ3v) is 5.12. The van der Waals surface area contributed by atoms with E-state index in [0.717, 1.165) is 36.0 Å². The Kier molecular flexibility index (Phi) is 4.55. The largest absolute Gasteiger partial charge is 0.341 e. The maximum atomic E-state index is 12.9. The molecule has 6 heteroatoms. The molecule has 1 atom stereocenters. The average Bonchev–Trinajstić information content (AvgIpc) is 3.09. The first-order valence-electron chi connectivity index (χ1n) is 7.80. The van der Waals surface area contributed by atoms with Gasteiger partial charge in [0.25, 0.3) is 0 Å². The molecular formula is C17H21BrN4O. The van der Waals surface area contributed by atoms with E-state index in [0.29, 0.717) is 6.04 Å². The molecule has 0 radical (unpaired) electrons. The van der Waals surface area contributed by atoms with Crippen molar-refractivity contribution in [2.24, 2.45) is 5.73 Å². The van der Waals surface area contributed by atoms with Crippen molar-refractivity contribution < 1.29 is 4.79 Å². The maximum Gasteiger partial charge on any atom is 0.246 e. The number of nitrogens with two attached hydrogens (primary N) is 1. The van der Waals surface area contributed by atoms with Gasteiger partial charge in [-0.1, -0.05) is 28.1 Å². The minimum Gasteiger partial charge on any atom is -0.341 e. The summed E-state index contributed by atoms with van der Waals surface area (Å²) in [6.07, 6.45) is 7.48. The Labute approximate surface area is 144 Å². The van der Waals surface area contributed by atoms with E-state index in [4.69, 9.17) is 5.73 Å².